The molecule has 2 fully saturated rings. The van der Waals surface area contributed by atoms with Gasteiger partial charge in [-0.15, -0.1) is 0 Å². The van der Waals surface area contributed by atoms with Gasteiger partial charge in [0.2, 0.25) is 0 Å². The van der Waals surface area contributed by atoms with Crippen LogP contribution in [0.3, 0.4) is 0 Å². The van der Waals surface area contributed by atoms with Gasteiger partial charge in [-0.25, -0.2) is 0 Å². The summed E-state index contributed by atoms with van der Waals surface area (Å²) in [5.41, 5.74) is 0. The van der Waals surface area contributed by atoms with Crippen molar-refractivity contribution in [1.29, 1.82) is 0 Å². The Morgan fingerprint density at radius 1 is 0.524 bits per heavy atom. The van der Waals surface area contributed by atoms with Crippen LogP contribution >= 0.6 is 0 Å². The van der Waals surface area contributed by atoms with Gasteiger partial charge in [-0.3, -0.25) is 4.79 Å². The van der Waals surface area contributed by atoms with E-state index >= 15 is 0 Å². The van der Waals surface area contributed by atoms with Crippen LogP contribution in [0.2, 0.25) is 0 Å². The number of carbonyl (C=O) groups is 1. The maximum Gasteiger partial charge on any atom is 0.306 e. The molecule has 2 saturated heterocycles. The molecule has 0 saturated carbocycles. The number of hydrogen-bond acceptors (Lipinski definition) is 14. The first kappa shape index (κ1) is 57.1. The summed E-state index contributed by atoms with van der Waals surface area (Å²) in [4.78, 5) is 13.0. The van der Waals surface area contributed by atoms with E-state index in [0.29, 0.717) is 13.0 Å². The molecule has 11 unspecified atom stereocenters. The molecule has 14 heteroatoms. The van der Waals surface area contributed by atoms with Crippen LogP contribution in [-0.2, 0) is 33.2 Å². The van der Waals surface area contributed by atoms with Gasteiger partial charge in [0.05, 0.1) is 26.4 Å². The molecule has 2 rings (SSSR count). The highest BCUT2D eigenvalue weighted by atomic mass is 16.7. The van der Waals surface area contributed by atoms with Crippen molar-refractivity contribution in [2.75, 3.05) is 33.0 Å². The third-order valence-corrected chi connectivity index (χ3v) is 11.3. The second-order valence-corrected chi connectivity index (χ2v) is 16.9. The van der Waals surface area contributed by atoms with Gasteiger partial charge in [0.1, 0.15) is 54.9 Å². The lowest BCUT2D eigenvalue weighted by atomic mass is 9.98. The zero-order chi connectivity index (χ0) is 45.9. The van der Waals surface area contributed by atoms with Crippen LogP contribution in [-0.4, -0.2) is 142 Å². The van der Waals surface area contributed by atoms with Crippen LogP contribution in [0.25, 0.3) is 0 Å². The third-order valence-electron chi connectivity index (χ3n) is 11.3. The number of aliphatic hydroxyl groups excluding tert-OH is 7. The van der Waals surface area contributed by atoms with Crippen LogP contribution in [0.4, 0.5) is 0 Å². The zero-order valence-electron chi connectivity index (χ0n) is 38.5. The molecule has 2 aliphatic rings. The summed E-state index contributed by atoms with van der Waals surface area (Å²) in [6.07, 6.45) is 24.6. The summed E-state index contributed by atoms with van der Waals surface area (Å²) in [5.74, 6) is -0.396. The number of allylic oxidation sites excluding steroid dienone is 8. The van der Waals surface area contributed by atoms with Crippen molar-refractivity contribution >= 4 is 5.97 Å². The van der Waals surface area contributed by atoms with E-state index in [1.165, 1.54) is 38.5 Å². The lowest BCUT2D eigenvalue weighted by molar-refractivity contribution is -0.332. The van der Waals surface area contributed by atoms with Crippen molar-refractivity contribution in [3.63, 3.8) is 0 Å². The molecule has 11 atom stereocenters. The van der Waals surface area contributed by atoms with Crippen molar-refractivity contribution in [3.05, 3.63) is 48.6 Å². The fraction of sp³-hybridized carbons (Fsp3) is 0.816. The van der Waals surface area contributed by atoms with Gasteiger partial charge in [0.25, 0.3) is 0 Å². The minimum Gasteiger partial charge on any atom is -0.457 e. The Balaban J connectivity index is 1.81. The van der Waals surface area contributed by atoms with Crippen LogP contribution < -0.4 is 0 Å². The second-order valence-electron chi connectivity index (χ2n) is 16.9. The number of esters is 1. The Morgan fingerprint density at radius 3 is 1.59 bits per heavy atom. The van der Waals surface area contributed by atoms with E-state index in [9.17, 15) is 40.5 Å². The largest absolute Gasteiger partial charge is 0.457 e. The fourth-order valence-electron chi connectivity index (χ4n) is 7.29. The number of aliphatic hydroxyl groups is 7. The Kier molecular flexibility index (Phi) is 33.6. The lowest BCUT2D eigenvalue weighted by Gasteiger charge is -2.42. The maximum atomic E-state index is 13.0. The average Bonchev–Trinajstić information content (AvgIpc) is 3.28. The summed E-state index contributed by atoms with van der Waals surface area (Å²) in [7, 11) is 0. The SMILES string of the molecule is CCC/C=C\C/C=C\CCCCCCCCOCC(COC1OC(COC2OC(CO)C(O)C(O)C2O)C(O)C(O)C1O)OC(=O)CCCCCCC/C=C\C/C=C\CCCCC. The minimum atomic E-state index is -1.71. The smallest absolute Gasteiger partial charge is 0.306 e. The van der Waals surface area contributed by atoms with Gasteiger partial charge >= 0.3 is 5.97 Å². The highest BCUT2D eigenvalue weighted by Gasteiger charge is 2.47. The van der Waals surface area contributed by atoms with Crippen LogP contribution in [0.15, 0.2) is 48.6 Å². The molecule has 14 nitrogen and oxygen atoms in total. The first-order valence-corrected chi connectivity index (χ1v) is 24.2. The average molecular weight is 899 g/mol. The molecule has 7 N–H and O–H groups in total. The van der Waals surface area contributed by atoms with Gasteiger partial charge in [-0.2, -0.15) is 0 Å². The summed E-state index contributed by atoms with van der Waals surface area (Å²) < 4.78 is 34.2. The topological polar surface area (TPSA) is 214 Å². The second kappa shape index (κ2) is 37.1. The summed E-state index contributed by atoms with van der Waals surface area (Å²) >= 11 is 0. The van der Waals surface area contributed by atoms with Gasteiger partial charge in [-0.05, 0) is 70.6 Å². The Labute approximate surface area is 378 Å². The van der Waals surface area contributed by atoms with Gasteiger partial charge in [0.15, 0.2) is 12.6 Å². The summed E-state index contributed by atoms with van der Waals surface area (Å²) in [6.45, 7) is 3.53. The molecular weight excluding hydrogens is 813 g/mol. The normalized spacial score (nSPS) is 27.4. The number of carbonyl (C=O) groups excluding carboxylic acids is 1. The molecular formula is C49H86O14. The molecule has 0 aromatic rings. The van der Waals surface area contributed by atoms with Crippen molar-refractivity contribution in [2.24, 2.45) is 0 Å². The van der Waals surface area contributed by atoms with Crippen LogP contribution in [0.5, 0.6) is 0 Å². The molecule has 2 aliphatic heterocycles. The van der Waals surface area contributed by atoms with Crippen LogP contribution in [0.1, 0.15) is 155 Å². The van der Waals surface area contributed by atoms with E-state index in [0.717, 1.165) is 89.9 Å². The molecule has 0 aromatic heterocycles. The van der Waals surface area contributed by atoms with Crippen molar-refractivity contribution in [1.82, 2.24) is 0 Å². The minimum absolute atomic E-state index is 0.0471. The Morgan fingerprint density at radius 2 is 1.02 bits per heavy atom. The monoisotopic (exact) mass is 899 g/mol. The summed E-state index contributed by atoms with van der Waals surface area (Å²) in [6, 6.07) is 0. The molecule has 0 amide bonds. The van der Waals surface area contributed by atoms with Gasteiger partial charge in [0, 0.05) is 13.0 Å². The van der Waals surface area contributed by atoms with E-state index in [4.69, 9.17) is 28.4 Å². The number of hydrogen-bond donors (Lipinski definition) is 7. The fourth-order valence-corrected chi connectivity index (χ4v) is 7.29. The standard InChI is InChI=1S/C49H86O14/c1-3-5-7-9-11-13-15-17-19-20-22-24-26-28-30-32-41(51)61-38(35-58-33-31-29-27-25-23-21-18-16-14-12-10-8-6-4-2)36-59-48-47(57)45(55)43(53)40(63-48)37-60-49-46(56)44(54)42(52)39(34-50)62-49/h8,10-11,13-14,16-17,19,38-40,42-50,52-57H,3-7,9,12,15,18,20-37H2,1-2H3/b10-8-,13-11-,16-14-,19-17-. The lowest BCUT2D eigenvalue weighted by Crippen LogP contribution is -2.61. The van der Waals surface area contributed by atoms with E-state index in [1.54, 1.807) is 0 Å². The zero-order valence-corrected chi connectivity index (χ0v) is 38.5. The number of unbranched alkanes of at least 4 members (excludes halogenated alkanes) is 15. The van der Waals surface area contributed by atoms with Crippen molar-refractivity contribution in [2.45, 2.75) is 223 Å². The van der Waals surface area contributed by atoms with Gasteiger partial charge in [-0.1, -0.05) is 127 Å². The van der Waals surface area contributed by atoms with E-state index in [1.807, 2.05) is 0 Å². The first-order valence-electron chi connectivity index (χ1n) is 24.2. The molecule has 0 aromatic carbocycles. The molecule has 0 spiro atoms. The highest BCUT2D eigenvalue weighted by molar-refractivity contribution is 5.69. The predicted octanol–water partition coefficient (Wildman–Crippen LogP) is 6.40. The van der Waals surface area contributed by atoms with E-state index in [-0.39, 0.29) is 19.6 Å². The van der Waals surface area contributed by atoms with Crippen molar-refractivity contribution in [3.8, 4) is 0 Å². The first-order chi connectivity index (χ1) is 30.6. The van der Waals surface area contributed by atoms with Crippen LogP contribution in [0, 0.1) is 0 Å². The molecule has 0 radical (unpaired) electrons. The Bertz CT molecular complexity index is 1230. The van der Waals surface area contributed by atoms with Gasteiger partial charge < -0.3 is 64.2 Å². The molecule has 0 aliphatic carbocycles. The molecule has 366 valence electrons. The number of rotatable bonds is 37. The number of ether oxygens (including phenoxy) is 6. The molecule has 63 heavy (non-hydrogen) atoms. The quantitative estimate of drug-likeness (QED) is 0.0204. The Hall–Kier alpha value is -2.05. The van der Waals surface area contributed by atoms with E-state index < -0.39 is 86.7 Å². The van der Waals surface area contributed by atoms with Crippen molar-refractivity contribution < 1.29 is 69.0 Å². The third kappa shape index (κ3) is 25.4. The highest BCUT2D eigenvalue weighted by Crippen LogP contribution is 2.26. The molecule has 2 heterocycles. The molecule has 0 bridgehead atoms. The maximum absolute atomic E-state index is 13.0. The summed E-state index contributed by atoms with van der Waals surface area (Å²) in [5, 5.41) is 72.0. The van der Waals surface area contributed by atoms with E-state index in [2.05, 4.69) is 62.5 Å². The predicted molar refractivity (Wildman–Crippen MR) is 243 cm³/mol.